The highest BCUT2D eigenvalue weighted by Crippen LogP contribution is 2.15. The van der Waals surface area contributed by atoms with Gasteiger partial charge in [0.1, 0.15) is 0 Å². The number of hydrogen-bond acceptors (Lipinski definition) is 5. The van der Waals surface area contributed by atoms with Crippen LogP contribution in [-0.2, 0) is 4.79 Å². The molecule has 126 valence electrons. The largest absolute Gasteiger partial charge is 0.341 e. The highest BCUT2D eigenvalue weighted by atomic mass is 16.2. The number of hydrogen-bond donors (Lipinski definition) is 0. The Bertz CT molecular complexity index is 493. The molecule has 6 nitrogen and oxygen atoms in total. The van der Waals surface area contributed by atoms with Gasteiger partial charge in [0.15, 0.2) is 0 Å². The molecule has 2 fully saturated rings. The molecule has 3 rings (SSSR count). The van der Waals surface area contributed by atoms with Crippen LogP contribution in [0.25, 0.3) is 0 Å². The van der Waals surface area contributed by atoms with E-state index in [1.807, 2.05) is 6.07 Å². The Labute approximate surface area is 138 Å². The van der Waals surface area contributed by atoms with Gasteiger partial charge in [0.05, 0.1) is 6.04 Å². The smallest absolute Gasteiger partial charge is 0.239 e. The van der Waals surface area contributed by atoms with Crippen LogP contribution in [0.4, 0.5) is 5.95 Å². The first kappa shape index (κ1) is 16.2. The molecule has 1 unspecified atom stereocenters. The number of likely N-dealkylation sites (tertiary alicyclic amines) is 1. The van der Waals surface area contributed by atoms with Gasteiger partial charge in [-0.25, -0.2) is 9.97 Å². The molecule has 1 aromatic rings. The van der Waals surface area contributed by atoms with Gasteiger partial charge in [0, 0.05) is 51.7 Å². The number of anilines is 1. The molecule has 0 aliphatic carbocycles. The average molecular weight is 317 g/mol. The summed E-state index contributed by atoms with van der Waals surface area (Å²) >= 11 is 0. The normalized spacial score (nSPS) is 21.8. The monoisotopic (exact) mass is 317 g/mol. The van der Waals surface area contributed by atoms with Gasteiger partial charge in [-0.3, -0.25) is 9.69 Å². The van der Waals surface area contributed by atoms with Gasteiger partial charge in [0.2, 0.25) is 11.9 Å². The fourth-order valence-corrected chi connectivity index (χ4v) is 3.48. The molecule has 2 aliphatic heterocycles. The van der Waals surface area contributed by atoms with Crippen molar-refractivity contribution in [2.45, 2.75) is 38.6 Å². The number of nitrogens with zero attached hydrogens (tertiary/aromatic N) is 5. The third-order valence-corrected chi connectivity index (χ3v) is 4.97. The van der Waals surface area contributed by atoms with E-state index in [9.17, 15) is 4.79 Å². The van der Waals surface area contributed by atoms with Gasteiger partial charge in [-0.05, 0) is 25.8 Å². The van der Waals surface area contributed by atoms with Crippen molar-refractivity contribution in [3.8, 4) is 0 Å². The topological polar surface area (TPSA) is 52.6 Å². The Hall–Kier alpha value is -1.69. The lowest BCUT2D eigenvalue weighted by Gasteiger charge is -2.38. The maximum Gasteiger partial charge on any atom is 0.239 e. The number of amides is 1. The number of carbonyl (C=O) groups is 1. The van der Waals surface area contributed by atoms with Crippen LogP contribution in [0.15, 0.2) is 18.5 Å². The van der Waals surface area contributed by atoms with Crippen LogP contribution in [0.2, 0.25) is 0 Å². The van der Waals surface area contributed by atoms with Crippen LogP contribution in [-0.4, -0.2) is 71.0 Å². The average Bonchev–Trinajstić information content (AvgIpc) is 2.91. The Morgan fingerprint density at radius 3 is 2.17 bits per heavy atom. The minimum atomic E-state index is -0.0214. The van der Waals surface area contributed by atoms with Gasteiger partial charge in [-0.1, -0.05) is 12.8 Å². The lowest BCUT2D eigenvalue weighted by molar-refractivity contribution is -0.136. The minimum Gasteiger partial charge on any atom is -0.341 e. The molecule has 0 spiro atoms. The summed E-state index contributed by atoms with van der Waals surface area (Å²) in [6.45, 7) is 7.45. The van der Waals surface area contributed by atoms with E-state index in [4.69, 9.17) is 0 Å². The van der Waals surface area contributed by atoms with E-state index >= 15 is 0 Å². The Balaban J connectivity index is 1.53. The maximum atomic E-state index is 12.7. The minimum absolute atomic E-state index is 0.0214. The van der Waals surface area contributed by atoms with Crippen molar-refractivity contribution in [3.63, 3.8) is 0 Å². The van der Waals surface area contributed by atoms with Crippen LogP contribution in [0.3, 0.4) is 0 Å². The van der Waals surface area contributed by atoms with Gasteiger partial charge in [-0.15, -0.1) is 0 Å². The quantitative estimate of drug-likeness (QED) is 0.843. The van der Waals surface area contributed by atoms with E-state index in [0.29, 0.717) is 5.91 Å². The van der Waals surface area contributed by atoms with E-state index in [-0.39, 0.29) is 6.04 Å². The Morgan fingerprint density at radius 1 is 0.957 bits per heavy atom. The van der Waals surface area contributed by atoms with Crippen molar-refractivity contribution in [3.05, 3.63) is 18.5 Å². The highest BCUT2D eigenvalue weighted by molar-refractivity contribution is 5.81. The maximum absolute atomic E-state index is 12.7. The molecule has 6 heteroatoms. The van der Waals surface area contributed by atoms with Gasteiger partial charge >= 0.3 is 0 Å². The predicted molar refractivity (Wildman–Crippen MR) is 90.3 cm³/mol. The third kappa shape index (κ3) is 3.99. The van der Waals surface area contributed by atoms with Gasteiger partial charge in [0.25, 0.3) is 0 Å². The number of carbonyl (C=O) groups excluding carboxylic acids is 1. The molecule has 1 aromatic heterocycles. The van der Waals surface area contributed by atoms with Crippen LogP contribution in [0.1, 0.15) is 32.6 Å². The summed E-state index contributed by atoms with van der Waals surface area (Å²) in [4.78, 5) is 27.9. The van der Waals surface area contributed by atoms with E-state index in [2.05, 4.69) is 31.6 Å². The molecular weight excluding hydrogens is 290 g/mol. The zero-order valence-electron chi connectivity index (χ0n) is 14.0. The van der Waals surface area contributed by atoms with Crippen molar-refractivity contribution >= 4 is 11.9 Å². The molecule has 1 amide bonds. The molecule has 23 heavy (non-hydrogen) atoms. The zero-order chi connectivity index (χ0) is 16.1. The van der Waals surface area contributed by atoms with E-state index in [0.717, 1.165) is 58.1 Å². The summed E-state index contributed by atoms with van der Waals surface area (Å²) < 4.78 is 0. The number of rotatable bonds is 3. The Kier molecular flexibility index (Phi) is 5.43. The molecule has 0 aromatic carbocycles. The van der Waals surface area contributed by atoms with Gasteiger partial charge < -0.3 is 9.80 Å². The molecule has 3 heterocycles. The highest BCUT2D eigenvalue weighted by Gasteiger charge is 2.29. The lowest BCUT2D eigenvalue weighted by Crippen LogP contribution is -2.55. The second-order valence-corrected chi connectivity index (χ2v) is 6.49. The van der Waals surface area contributed by atoms with Crippen LogP contribution in [0, 0.1) is 0 Å². The van der Waals surface area contributed by atoms with Crippen molar-refractivity contribution in [2.24, 2.45) is 0 Å². The second kappa shape index (κ2) is 7.73. The summed E-state index contributed by atoms with van der Waals surface area (Å²) in [7, 11) is 0. The fourth-order valence-electron chi connectivity index (χ4n) is 3.48. The molecule has 1 atom stereocenters. The molecule has 0 radical (unpaired) electrons. The van der Waals surface area contributed by atoms with Crippen LogP contribution in [0.5, 0.6) is 0 Å². The van der Waals surface area contributed by atoms with Crippen molar-refractivity contribution < 1.29 is 4.79 Å². The summed E-state index contributed by atoms with van der Waals surface area (Å²) in [5.74, 6) is 1.09. The Morgan fingerprint density at radius 2 is 1.57 bits per heavy atom. The van der Waals surface area contributed by atoms with E-state index in [1.54, 1.807) is 12.4 Å². The summed E-state index contributed by atoms with van der Waals surface area (Å²) in [5.41, 5.74) is 0. The first-order valence-corrected chi connectivity index (χ1v) is 8.80. The number of piperazine rings is 1. The molecule has 0 saturated carbocycles. The SMILES string of the molecule is CC(C(=O)N1CCCCCC1)N1CCN(c2ncccn2)CC1. The van der Waals surface area contributed by atoms with E-state index in [1.165, 1.54) is 12.8 Å². The first-order chi connectivity index (χ1) is 11.3. The van der Waals surface area contributed by atoms with E-state index < -0.39 is 0 Å². The molecule has 0 N–H and O–H groups in total. The summed E-state index contributed by atoms with van der Waals surface area (Å²) in [6.07, 6.45) is 8.37. The summed E-state index contributed by atoms with van der Waals surface area (Å²) in [5, 5.41) is 0. The number of aromatic nitrogens is 2. The van der Waals surface area contributed by atoms with Crippen LogP contribution >= 0.6 is 0 Å². The van der Waals surface area contributed by atoms with Crippen molar-refractivity contribution in [2.75, 3.05) is 44.2 Å². The molecule has 2 saturated heterocycles. The summed E-state index contributed by atoms with van der Waals surface area (Å²) in [6, 6.07) is 1.81. The lowest BCUT2D eigenvalue weighted by atomic mass is 10.2. The van der Waals surface area contributed by atoms with Crippen molar-refractivity contribution in [1.29, 1.82) is 0 Å². The molecule has 2 aliphatic rings. The zero-order valence-corrected chi connectivity index (χ0v) is 14.0. The first-order valence-electron chi connectivity index (χ1n) is 8.80. The fraction of sp³-hybridized carbons (Fsp3) is 0.706. The molecule has 0 bridgehead atoms. The van der Waals surface area contributed by atoms with Crippen molar-refractivity contribution in [1.82, 2.24) is 19.8 Å². The van der Waals surface area contributed by atoms with Gasteiger partial charge in [-0.2, -0.15) is 0 Å². The second-order valence-electron chi connectivity index (χ2n) is 6.49. The van der Waals surface area contributed by atoms with Crippen LogP contribution < -0.4 is 4.90 Å². The molecular formula is C17H27N5O. The predicted octanol–water partition coefficient (Wildman–Crippen LogP) is 1.39. The standard InChI is InChI=1S/C17H27N5O/c1-15(16(23)21-9-4-2-3-5-10-21)20-11-13-22(14-12-20)17-18-7-6-8-19-17/h6-8,15H,2-5,9-14H2,1H3. The third-order valence-electron chi connectivity index (χ3n) is 4.97.